The average Bonchev–Trinajstić information content (AvgIpc) is 1.99. The first-order valence-corrected chi connectivity index (χ1v) is 4.52. The molecule has 0 saturated heterocycles. The van der Waals surface area contributed by atoms with Gasteiger partial charge in [-0.2, -0.15) is 0 Å². The maximum absolute atomic E-state index is 5.66. The molecule has 2 N–H and O–H groups in total. The van der Waals surface area contributed by atoms with Crippen LogP contribution in [-0.2, 0) is 0 Å². The van der Waals surface area contributed by atoms with Crippen LogP contribution < -0.4 is 10.5 Å². The predicted molar refractivity (Wildman–Crippen MR) is 52.8 cm³/mol. The highest BCUT2D eigenvalue weighted by Gasteiger charge is 2.02. The molecular formula is C7H7Br2NO. The van der Waals surface area contributed by atoms with Crippen LogP contribution in [0.1, 0.15) is 0 Å². The van der Waals surface area contributed by atoms with Gasteiger partial charge in [0.15, 0.2) is 0 Å². The molecule has 0 aromatic heterocycles. The second kappa shape index (κ2) is 3.45. The van der Waals surface area contributed by atoms with Crippen molar-refractivity contribution in [3.8, 4) is 5.75 Å². The number of anilines is 1. The van der Waals surface area contributed by atoms with Gasteiger partial charge in [-0.15, -0.1) is 0 Å². The quantitative estimate of drug-likeness (QED) is 0.803. The van der Waals surface area contributed by atoms with Gasteiger partial charge in [-0.05, 0) is 44.0 Å². The predicted octanol–water partition coefficient (Wildman–Crippen LogP) is 2.80. The molecule has 0 amide bonds. The summed E-state index contributed by atoms with van der Waals surface area (Å²) in [6.07, 6.45) is 0. The van der Waals surface area contributed by atoms with Crippen LogP contribution in [0.2, 0.25) is 0 Å². The molecule has 2 nitrogen and oxygen atoms in total. The number of hydrogen-bond acceptors (Lipinski definition) is 2. The Morgan fingerprint density at radius 1 is 1.27 bits per heavy atom. The molecule has 0 unspecified atom stereocenters. The van der Waals surface area contributed by atoms with E-state index in [4.69, 9.17) is 10.5 Å². The monoisotopic (exact) mass is 279 g/mol. The third kappa shape index (κ3) is 1.87. The van der Waals surface area contributed by atoms with E-state index in [-0.39, 0.29) is 0 Å². The van der Waals surface area contributed by atoms with E-state index in [1.165, 1.54) is 0 Å². The zero-order chi connectivity index (χ0) is 8.43. The van der Waals surface area contributed by atoms with Crippen molar-refractivity contribution in [2.45, 2.75) is 0 Å². The summed E-state index contributed by atoms with van der Waals surface area (Å²) in [6.45, 7) is 0. The molecule has 1 rings (SSSR count). The summed E-state index contributed by atoms with van der Waals surface area (Å²) in [5.41, 5.74) is 6.34. The first kappa shape index (κ1) is 8.87. The summed E-state index contributed by atoms with van der Waals surface area (Å²) in [6, 6.07) is 3.64. The van der Waals surface area contributed by atoms with Crippen molar-refractivity contribution >= 4 is 37.5 Å². The van der Waals surface area contributed by atoms with Gasteiger partial charge in [0.2, 0.25) is 0 Å². The summed E-state index contributed by atoms with van der Waals surface area (Å²) >= 11 is 6.61. The molecule has 0 spiro atoms. The number of methoxy groups -OCH3 is 1. The molecular weight excluding hydrogens is 274 g/mol. The van der Waals surface area contributed by atoms with Crippen molar-refractivity contribution in [2.24, 2.45) is 0 Å². The van der Waals surface area contributed by atoms with Crippen LogP contribution in [0.4, 0.5) is 5.69 Å². The van der Waals surface area contributed by atoms with Crippen molar-refractivity contribution in [3.05, 3.63) is 21.1 Å². The minimum atomic E-state index is 0.686. The minimum absolute atomic E-state index is 0.686. The van der Waals surface area contributed by atoms with Crippen LogP contribution in [-0.4, -0.2) is 7.11 Å². The molecule has 0 fully saturated rings. The van der Waals surface area contributed by atoms with Crippen LogP contribution in [0.5, 0.6) is 5.75 Å². The van der Waals surface area contributed by atoms with Crippen molar-refractivity contribution in [2.75, 3.05) is 12.8 Å². The number of ether oxygens (including phenoxy) is 1. The van der Waals surface area contributed by atoms with E-state index in [0.29, 0.717) is 5.69 Å². The molecule has 1 aromatic rings. The summed E-state index contributed by atoms with van der Waals surface area (Å²) in [5, 5.41) is 0. The van der Waals surface area contributed by atoms with Gasteiger partial charge < -0.3 is 10.5 Å². The van der Waals surface area contributed by atoms with Crippen molar-refractivity contribution in [3.63, 3.8) is 0 Å². The van der Waals surface area contributed by atoms with Crippen LogP contribution in [0.3, 0.4) is 0 Å². The average molecular weight is 281 g/mol. The lowest BCUT2D eigenvalue weighted by Gasteiger charge is -2.04. The molecule has 0 saturated carbocycles. The summed E-state index contributed by atoms with van der Waals surface area (Å²) in [7, 11) is 1.62. The van der Waals surface area contributed by atoms with Gasteiger partial charge >= 0.3 is 0 Å². The van der Waals surface area contributed by atoms with Crippen LogP contribution in [0.15, 0.2) is 21.1 Å². The topological polar surface area (TPSA) is 35.2 Å². The fraction of sp³-hybridized carbons (Fsp3) is 0.143. The van der Waals surface area contributed by atoms with E-state index in [2.05, 4.69) is 31.9 Å². The zero-order valence-corrected chi connectivity index (χ0v) is 9.07. The lowest BCUT2D eigenvalue weighted by atomic mass is 10.3. The van der Waals surface area contributed by atoms with Crippen LogP contribution in [0.25, 0.3) is 0 Å². The molecule has 0 aliphatic heterocycles. The lowest BCUT2D eigenvalue weighted by Crippen LogP contribution is -1.90. The van der Waals surface area contributed by atoms with Gasteiger partial charge in [0.25, 0.3) is 0 Å². The number of halogens is 2. The molecule has 0 aliphatic rings. The van der Waals surface area contributed by atoms with E-state index in [1.54, 1.807) is 7.11 Å². The molecule has 4 heteroatoms. The van der Waals surface area contributed by atoms with Crippen molar-refractivity contribution in [1.29, 1.82) is 0 Å². The largest absolute Gasteiger partial charge is 0.497 e. The molecule has 0 heterocycles. The Balaban J connectivity index is 3.21. The molecule has 60 valence electrons. The molecule has 0 aliphatic carbocycles. The van der Waals surface area contributed by atoms with E-state index in [9.17, 15) is 0 Å². The van der Waals surface area contributed by atoms with E-state index in [0.717, 1.165) is 14.7 Å². The Morgan fingerprint density at radius 2 is 1.73 bits per heavy atom. The Bertz CT molecular complexity index is 252. The van der Waals surface area contributed by atoms with Crippen LogP contribution >= 0.6 is 31.9 Å². The summed E-state index contributed by atoms with van der Waals surface area (Å²) in [4.78, 5) is 0. The minimum Gasteiger partial charge on any atom is -0.497 e. The Morgan fingerprint density at radius 3 is 2.09 bits per heavy atom. The smallest absolute Gasteiger partial charge is 0.121 e. The van der Waals surface area contributed by atoms with Crippen LogP contribution in [0, 0.1) is 0 Å². The van der Waals surface area contributed by atoms with Gasteiger partial charge in [-0.25, -0.2) is 0 Å². The SMILES string of the molecule is COc1cc(Br)c(N)c(Br)c1. The fourth-order valence-electron chi connectivity index (χ4n) is 0.679. The van der Waals surface area contributed by atoms with E-state index in [1.807, 2.05) is 12.1 Å². The first-order chi connectivity index (χ1) is 5.15. The van der Waals surface area contributed by atoms with Gasteiger partial charge in [0, 0.05) is 8.95 Å². The number of rotatable bonds is 1. The normalized spacial score (nSPS) is 9.73. The zero-order valence-electron chi connectivity index (χ0n) is 5.90. The van der Waals surface area contributed by atoms with E-state index >= 15 is 0 Å². The van der Waals surface area contributed by atoms with Gasteiger partial charge in [0.1, 0.15) is 5.75 Å². The van der Waals surface area contributed by atoms with Gasteiger partial charge in [-0.3, -0.25) is 0 Å². The first-order valence-electron chi connectivity index (χ1n) is 2.93. The van der Waals surface area contributed by atoms with Gasteiger partial charge in [-0.1, -0.05) is 0 Å². The highest BCUT2D eigenvalue weighted by molar-refractivity contribution is 9.11. The second-order valence-electron chi connectivity index (χ2n) is 2.00. The third-order valence-electron chi connectivity index (χ3n) is 1.29. The number of nitrogen functional groups attached to an aromatic ring is 1. The Labute approximate surface area is 82.0 Å². The van der Waals surface area contributed by atoms with E-state index < -0.39 is 0 Å². The highest BCUT2D eigenvalue weighted by Crippen LogP contribution is 2.32. The van der Waals surface area contributed by atoms with Crippen molar-refractivity contribution < 1.29 is 4.74 Å². The molecule has 0 radical (unpaired) electrons. The maximum Gasteiger partial charge on any atom is 0.121 e. The molecule has 0 bridgehead atoms. The molecule has 1 aromatic carbocycles. The lowest BCUT2D eigenvalue weighted by molar-refractivity contribution is 0.414. The summed E-state index contributed by atoms with van der Waals surface area (Å²) in [5.74, 6) is 0.776. The summed E-state index contributed by atoms with van der Waals surface area (Å²) < 4.78 is 6.69. The Hall–Kier alpha value is -0.220. The fourth-order valence-corrected chi connectivity index (χ4v) is 1.82. The highest BCUT2D eigenvalue weighted by atomic mass is 79.9. The Kier molecular flexibility index (Phi) is 2.78. The number of benzene rings is 1. The van der Waals surface area contributed by atoms with Gasteiger partial charge in [0.05, 0.1) is 12.8 Å². The molecule has 11 heavy (non-hydrogen) atoms. The third-order valence-corrected chi connectivity index (χ3v) is 2.60. The number of hydrogen-bond donors (Lipinski definition) is 1. The van der Waals surface area contributed by atoms with Crippen molar-refractivity contribution in [1.82, 2.24) is 0 Å². The maximum atomic E-state index is 5.66. The standard InChI is InChI=1S/C7H7Br2NO/c1-11-4-2-5(8)7(10)6(9)3-4/h2-3H,10H2,1H3. The molecule has 0 atom stereocenters. The number of nitrogens with two attached hydrogens (primary N) is 1. The second-order valence-corrected chi connectivity index (χ2v) is 3.71.